The van der Waals surface area contributed by atoms with E-state index in [0.717, 1.165) is 27.9 Å². The van der Waals surface area contributed by atoms with Crippen LogP contribution in [0.25, 0.3) is 11.1 Å². The molecule has 0 radical (unpaired) electrons. The van der Waals surface area contributed by atoms with Crippen molar-refractivity contribution >= 4 is 23.4 Å². The number of benzene rings is 3. The molecule has 39 heavy (non-hydrogen) atoms. The molecule has 2 amide bonds. The van der Waals surface area contributed by atoms with Crippen LogP contribution in [-0.2, 0) is 9.53 Å². The maximum absolute atomic E-state index is 13.9. The Morgan fingerprint density at radius 2 is 1.41 bits per heavy atom. The molecule has 0 spiro atoms. The number of nitrogens with one attached hydrogen (secondary N) is 3. The number of hydrogen-bond acceptors (Lipinski definition) is 5. The molecular weight excluding hydrogens is 488 g/mol. The van der Waals surface area contributed by atoms with Crippen LogP contribution in [0.5, 0.6) is 0 Å². The van der Waals surface area contributed by atoms with Crippen LogP contribution in [0.3, 0.4) is 0 Å². The van der Waals surface area contributed by atoms with E-state index in [9.17, 15) is 9.59 Å². The molecule has 1 atom stereocenters. The highest BCUT2D eigenvalue weighted by atomic mass is 16.6. The third-order valence-electron chi connectivity index (χ3n) is 6.16. The Kier molecular flexibility index (Phi) is 8.61. The summed E-state index contributed by atoms with van der Waals surface area (Å²) in [6, 6.07) is 27.9. The number of aromatic nitrogens is 1. The molecule has 3 N–H and O–H groups in total. The summed E-state index contributed by atoms with van der Waals surface area (Å²) in [7, 11) is 1.85. The van der Waals surface area contributed by atoms with E-state index < -0.39 is 23.7 Å². The monoisotopic (exact) mass is 522 g/mol. The molecule has 7 heteroatoms. The van der Waals surface area contributed by atoms with E-state index in [2.05, 4.69) is 20.9 Å². The molecule has 4 aromatic rings. The fourth-order valence-electron chi connectivity index (χ4n) is 4.43. The SMILES string of the molecule is CNc1cnccc1-c1ccc(NC(=O)[C@@H](NC(=O)OC(C)(C)C)C(c2ccccc2)c2ccccc2)cc1. The predicted octanol–water partition coefficient (Wildman–Crippen LogP) is 6.45. The van der Waals surface area contributed by atoms with Gasteiger partial charge in [-0.1, -0.05) is 72.8 Å². The predicted molar refractivity (Wildman–Crippen MR) is 156 cm³/mol. The molecule has 1 heterocycles. The van der Waals surface area contributed by atoms with Gasteiger partial charge in [0.05, 0.1) is 11.9 Å². The van der Waals surface area contributed by atoms with E-state index in [1.54, 1.807) is 33.2 Å². The summed E-state index contributed by atoms with van der Waals surface area (Å²) in [6.07, 6.45) is 2.85. The number of carbonyl (C=O) groups excluding carboxylic acids is 2. The Morgan fingerprint density at radius 3 is 1.95 bits per heavy atom. The maximum atomic E-state index is 13.9. The molecule has 0 aliphatic rings. The zero-order valence-electron chi connectivity index (χ0n) is 22.6. The Morgan fingerprint density at radius 1 is 0.821 bits per heavy atom. The quantitative estimate of drug-likeness (QED) is 0.247. The minimum absolute atomic E-state index is 0.355. The van der Waals surface area contributed by atoms with Gasteiger partial charge in [-0.05, 0) is 55.7 Å². The first-order valence-electron chi connectivity index (χ1n) is 12.9. The lowest BCUT2D eigenvalue weighted by Gasteiger charge is -2.29. The average molecular weight is 523 g/mol. The molecule has 0 aliphatic heterocycles. The van der Waals surface area contributed by atoms with Gasteiger partial charge >= 0.3 is 6.09 Å². The van der Waals surface area contributed by atoms with Gasteiger partial charge in [-0.15, -0.1) is 0 Å². The minimum atomic E-state index is -0.944. The number of nitrogens with zero attached hydrogens (tertiary/aromatic N) is 1. The van der Waals surface area contributed by atoms with Gasteiger partial charge in [-0.3, -0.25) is 9.78 Å². The maximum Gasteiger partial charge on any atom is 0.408 e. The normalized spacial score (nSPS) is 11.9. The Labute approximate surface area is 229 Å². The zero-order valence-corrected chi connectivity index (χ0v) is 22.6. The second-order valence-electron chi connectivity index (χ2n) is 10.2. The largest absolute Gasteiger partial charge is 0.444 e. The molecule has 7 nitrogen and oxygen atoms in total. The summed E-state index contributed by atoms with van der Waals surface area (Å²) in [4.78, 5) is 31.0. The van der Waals surface area contributed by atoms with Crippen LogP contribution >= 0.6 is 0 Å². The Balaban J connectivity index is 1.66. The molecule has 200 valence electrons. The van der Waals surface area contributed by atoms with Crippen LogP contribution in [0.4, 0.5) is 16.2 Å². The summed E-state index contributed by atoms with van der Waals surface area (Å²) in [5.74, 6) is -0.805. The highest BCUT2D eigenvalue weighted by Crippen LogP contribution is 2.31. The van der Waals surface area contributed by atoms with E-state index >= 15 is 0 Å². The Bertz CT molecular complexity index is 1350. The number of rotatable bonds is 8. The van der Waals surface area contributed by atoms with E-state index in [1.807, 2.05) is 98.0 Å². The molecule has 4 rings (SSSR count). The first-order valence-corrected chi connectivity index (χ1v) is 12.9. The first-order chi connectivity index (χ1) is 18.7. The van der Waals surface area contributed by atoms with Crippen LogP contribution in [0.2, 0.25) is 0 Å². The van der Waals surface area contributed by atoms with Gasteiger partial charge in [0, 0.05) is 30.4 Å². The summed E-state index contributed by atoms with van der Waals surface area (Å²) in [5, 5.41) is 9.00. The van der Waals surface area contributed by atoms with Crippen molar-refractivity contribution in [2.75, 3.05) is 17.7 Å². The minimum Gasteiger partial charge on any atom is -0.444 e. The molecule has 3 aromatic carbocycles. The lowest BCUT2D eigenvalue weighted by atomic mass is 9.84. The molecular formula is C32H34N4O3. The molecule has 0 saturated heterocycles. The smallest absolute Gasteiger partial charge is 0.408 e. The lowest BCUT2D eigenvalue weighted by Crippen LogP contribution is -2.49. The second kappa shape index (κ2) is 12.3. The van der Waals surface area contributed by atoms with Gasteiger partial charge in [0.1, 0.15) is 11.6 Å². The number of ether oxygens (including phenoxy) is 1. The van der Waals surface area contributed by atoms with Gasteiger partial charge in [0.2, 0.25) is 5.91 Å². The third-order valence-corrected chi connectivity index (χ3v) is 6.16. The molecule has 0 unspecified atom stereocenters. The highest BCUT2D eigenvalue weighted by molar-refractivity contribution is 5.98. The highest BCUT2D eigenvalue weighted by Gasteiger charge is 2.34. The van der Waals surface area contributed by atoms with Crippen molar-refractivity contribution in [2.45, 2.75) is 38.3 Å². The number of anilines is 2. The topological polar surface area (TPSA) is 92.4 Å². The fraction of sp³-hybridized carbons (Fsp3) is 0.219. The second-order valence-corrected chi connectivity index (χ2v) is 10.2. The van der Waals surface area contributed by atoms with Crippen LogP contribution in [0.15, 0.2) is 103 Å². The van der Waals surface area contributed by atoms with Gasteiger partial charge in [0.25, 0.3) is 0 Å². The average Bonchev–Trinajstić information content (AvgIpc) is 2.93. The number of alkyl carbamates (subject to hydrolysis) is 1. The summed E-state index contributed by atoms with van der Waals surface area (Å²) < 4.78 is 5.54. The van der Waals surface area contributed by atoms with Gasteiger partial charge in [-0.2, -0.15) is 0 Å². The molecule has 0 bridgehead atoms. The van der Waals surface area contributed by atoms with E-state index in [0.29, 0.717) is 5.69 Å². The van der Waals surface area contributed by atoms with Crippen LogP contribution in [-0.4, -0.2) is 35.7 Å². The summed E-state index contributed by atoms with van der Waals surface area (Å²) in [6.45, 7) is 5.37. The van der Waals surface area contributed by atoms with Crippen molar-refractivity contribution < 1.29 is 14.3 Å². The van der Waals surface area contributed by atoms with Crippen molar-refractivity contribution in [3.63, 3.8) is 0 Å². The van der Waals surface area contributed by atoms with Crippen molar-refractivity contribution in [2.24, 2.45) is 0 Å². The fourth-order valence-corrected chi connectivity index (χ4v) is 4.43. The lowest BCUT2D eigenvalue weighted by molar-refractivity contribution is -0.118. The number of carbonyl (C=O) groups is 2. The summed E-state index contributed by atoms with van der Waals surface area (Å²) >= 11 is 0. The van der Waals surface area contributed by atoms with Crippen molar-refractivity contribution in [3.8, 4) is 11.1 Å². The van der Waals surface area contributed by atoms with Gasteiger partial charge in [0.15, 0.2) is 0 Å². The van der Waals surface area contributed by atoms with Gasteiger partial charge < -0.3 is 20.7 Å². The number of hydrogen-bond donors (Lipinski definition) is 3. The van der Waals surface area contributed by atoms with Crippen LogP contribution < -0.4 is 16.0 Å². The number of pyridine rings is 1. The van der Waals surface area contributed by atoms with Crippen LogP contribution in [0, 0.1) is 0 Å². The van der Waals surface area contributed by atoms with E-state index in [1.165, 1.54) is 0 Å². The standard InChI is InChI=1S/C32H34N4O3/c1-32(2,3)39-31(38)36-29(28(23-11-7-5-8-12-23)24-13-9-6-10-14-24)30(37)35-25-17-15-22(16-18-25)26-19-20-34-21-27(26)33-4/h5-21,28-29,33H,1-4H3,(H,35,37)(H,36,38)/t29-/m0/s1. The third kappa shape index (κ3) is 7.23. The van der Waals surface area contributed by atoms with Crippen molar-refractivity contribution in [1.82, 2.24) is 10.3 Å². The first kappa shape index (κ1) is 27.4. The summed E-state index contributed by atoms with van der Waals surface area (Å²) in [5.41, 5.74) is 4.58. The number of amides is 2. The zero-order chi connectivity index (χ0) is 27.8. The van der Waals surface area contributed by atoms with E-state index in [4.69, 9.17) is 4.74 Å². The Hall–Kier alpha value is -4.65. The molecule has 0 saturated carbocycles. The van der Waals surface area contributed by atoms with E-state index in [-0.39, 0.29) is 5.91 Å². The molecule has 1 aromatic heterocycles. The van der Waals surface area contributed by atoms with Crippen molar-refractivity contribution in [3.05, 3.63) is 115 Å². The van der Waals surface area contributed by atoms with Crippen molar-refractivity contribution in [1.29, 1.82) is 0 Å². The molecule has 0 aliphatic carbocycles. The van der Waals surface area contributed by atoms with Crippen LogP contribution in [0.1, 0.15) is 37.8 Å². The van der Waals surface area contributed by atoms with Gasteiger partial charge in [-0.25, -0.2) is 4.79 Å². The molecule has 0 fully saturated rings.